The summed E-state index contributed by atoms with van der Waals surface area (Å²) in [4.78, 5) is 0. The molecule has 0 spiro atoms. The SMILES string of the molecule is COc1ccc(CCNCc2cn(Cc3ccccc3Cl)c3ccccc23)cc1. The normalized spacial score (nSPS) is 11.1. The molecule has 1 heterocycles. The Kier molecular flexibility index (Phi) is 6.18. The standard InChI is InChI=1S/C25H25ClN2O/c1-29-22-12-10-19(11-13-22)14-15-27-16-21-18-28(25-9-5-3-7-23(21)25)17-20-6-2-4-8-24(20)26/h2-13,18,27H,14-17H2,1H3. The molecule has 0 aliphatic heterocycles. The van der Waals surface area contributed by atoms with Gasteiger partial charge in [-0.1, -0.05) is 60.1 Å². The number of nitrogens with one attached hydrogen (secondary N) is 1. The molecular formula is C25H25ClN2O. The smallest absolute Gasteiger partial charge is 0.118 e. The van der Waals surface area contributed by atoms with Gasteiger partial charge in [0.15, 0.2) is 0 Å². The molecule has 0 aliphatic carbocycles. The van der Waals surface area contributed by atoms with Crippen LogP contribution in [-0.2, 0) is 19.5 Å². The number of rotatable bonds is 8. The molecule has 0 atom stereocenters. The van der Waals surface area contributed by atoms with Gasteiger partial charge in [0.25, 0.3) is 0 Å². The first kappa shape index (κ1) is 19.6. The fourth-order valence-corrected chi connectivity index (χ4v) is 3.85. The van der Waals surface area contributed by atoms with E-state index < -0.39 is 0 Å². The van der Waals surface area contributed by atoms with Crippen molar-refractivity contribution in [1.29, 1.82) is 0 Å². The minimum Gasteiger partial charge on any atom is -0.497 e. The highest BCUT2D eigenvalue weighted by atomic mass is 35.5. The molecule has 29 heavy (non-hydrogen) atoms. The predicted molar refractivity (Wildman–Crippen MR) is 121 cm³/mol. The number of aromatic nitrogens is 1. The van der Waals surface area contributed by atoms with Gasteiger partial charge in [-0.25, -0.2) is 0 Å². The van der Waals surface area contributed by atoms with Gasteiger partial charge in [0.05, 0.1) is 7.11 Å². The lowest BCUT2D eigenvalue weighted by molar-refractivity contribution is 0.414. The summed E-state index contributed by atoms with van der Waals surface area (Å²) in [6.07, 6.45) is 3.23. The predicted octanol–water partition coefficient (Wildman–Crippen LogP) is 5.68. The molecule has 1 N–H and O–H groups in total. The summed E-state index contributed by atoms with van der Waals surface area (Å²) < 4.78 is 7.51. The van der Waals surface area contributed by atoms with Gasteiger partial charge in [0.1, 0.15) is 5.75 Å². The molecule has 4 rings (SSSR count). The summed E-state index contributed by atoms with van der Waals surface area (Å²) in [5.41, 5.74) is 4.98. The highest BCUT2D eigenvalue weighted by Gasteiger charge is 2.09. The van der Waals surface area contributed by atoms with Crippen LogP contribution in [0.4, 0.5) is 0 Å². The van der Waals surface area contributed by atoms with Crippen LogP contribution in [0.5, 0.6) is 5.75 Å². The molecule has 1 aromatic heterocycles. The van der Waals surface area contributed by atoms with Gasteiger partial charge >= 0.3 is 0 Å². The first-order chi connectivity index (χ1) is 14.2. The fourth-order valence-electron chi connectivity index (χ4n) is 3.65. The Morgan fingerprint density at radius 2 is 1.66 bits per heavy atom. The zero-order valence-electron chi connectivity index (χ0n) is 16.6. The Labute approximate surface area is 176 Å². The lowest BCUT2D eigenvalue weighted by atomic mass is 10.1. The van der Waals surface area contributed by atoms with Gasteiger partial charge < -0.3 is 14.6 Å². The van der Waals surface area contributed by atoms with Crippen LogP contribution in [0, 0.1) is 0 Å². The van der Waals surface area contributed by atoms with Crippen molar-refractivity contribution >= 4 is 22.5 Å². The number of hydrogen-bond donors (Lipinski definition) is 1. The monoisotopic (exact) mass is 404 g/mol. The third-order valence-corrected chi connectivity index (χ3v) is 5.60. The summed E-state index contributed by atoms with van der Waals surface area (Å²) >= 11 is 6.38. The van der Waals surface area contributed by atoms with Crippen LogP contribution in [0.3, 0.4) is 0 Å². The summed E-state index contributed by atoms with van der Waals surface area (Å²) in [7, 11) is 1.69. The Balaban J connectivity index is 1.44. The first-order valence-electron chi connectivity index (χ1n) is 9.88. The van der Waals surface area contributed by atoms with Gasteiger partial charge in [0.2, 0.25) is 0 Å². The number of ether oxygens (including phenoxy) is 1. The van der Waals surface area contributed by atoms with E-state index in [0.717, 1.165) is 42.4 Å². The van der Waals surface area contributed by atoms with E-state index in [-0.39, 0.29) is 0 Å². The average Bonchev–Trinajstić information content (AvgIpc) is 3.11. The largest absolute Gasteiger partial charge is 0.497 e. The van der Waals surface area contributed by atoms with Crippen molar-refractivity contribution in [2.24, 2.45) is 0 Å². The average molecular weight is 405 g/mol. The molecule has 0 radical (unpaired) electrons. The molecule has 3 aromatic carbocycles. The Morgan fingerprint density at radius 3 is 2.45 bits per heavy atom. The topological polar surface area (TPSA) is 26.2 Å². The number of nitrogens with zero attached hydrogens (tertiary/aromatic N) is 1. The third-order valence-electron chi connectivity index (χ3n) is 5.23. The zero-order valence-corrected chi connectivity index (χ0v) is 17.3. The van der Waals surface area contributed by atoms with Crippen LogP contribution < -0.4 is 10.1 Å². The number of fused-ring (bicyclic) bond motifs is 1. The van der Waals surface area contributed by atoms with Gasteiger partial charge in [-0.3, -0.25) is 0 Å². The van der Waals surface area contributed by atoms with Gasteiger partial charge in [-0.05, 0) is 53.9 Å². The van der Waals surface area contributed by atoms with E-state index in [4.69, 9.17) is 16.3 Å². The number of halogens is 1. The molecule has 148 valence electrons. The van der Waals surface area contributed by atoms with Gasteiger partial charge in [0, 0.05) is 35.2 Å². The maximum absolute atomic E-state index is 6.38. The lowest BCUT2D eigenvalue weighted by Gasteiger charge is -2.07. The number of methoxy groups -OCH3 is 1. The van der Waals surface area contributed by atoms with E-state index in [2.05, 4.69) is 58.5 Å². The third kappa shape index (κ3) is 4.64. The van der Waals surface area contributed by atoms with Crippen molar-refractivity contribution < 1.29 is 4.74 Å². The maximum Gasteiger partial charge on any atom is 0.118 e. The van der Waals surface area contributed by atoms with Crippen LogP contribution in [0.2, 0.25) is 5.02 Å². The molecule has 0 amide bonds. The first-order valence-corrected chi connectivity index (χ1v) is 10.3. The molecule has 0 aliphatic rings. The highest BCUT2D eigenvalue weighted by Crippen LogP contribution is 2.24. The number of hydrogen-bond acceptors (Lipinski definition) is 2. The maximum atomic E-state index is 6.38. The van der Waals surface area contributed by atoms with Crippen LogP contribution in [0.25, 0.3) is 10.9 Å². The number of benzene rings is 3. The van der Waals surface area contributed by atoms with Gasteiger partial charge in [-0.2, -0.15) is 0 Å². The van der Waals surface area contributed by atoms with E-state index in [1.54, 1.807) is 7.11 Å². The molecule has 4 heteroatoms. The summed E-state index contributed by atoms with van der Waals surface area (Å²) in [6, 6.07) is 24.9. The quantitative estimate of drug-likeness (QED) is 0.382. The summed E-state index contributed by atoms with van der Waals surface area (Å²) in [5.74, 6) is 0.896. The summed E-state index contributed by atoms with van der Waals surface area (Å²) in [6.45, 7) is 2.54. The van der Waals surface area contributed by atoms with Crippen LogP contribution in [0.15, 0.2) is 79.0 Å². The minimum atomic E-state index is 0.770. The van der Waals surface area contributed by atoms with Crippen molar-refractivity contribution in [1.82, 2.24) is 9.88 Å². The molecule has 4 aromatic rings. The highest BCUT2D eigenvalue weighted by molar-refractivity contribution is 6.31. The molecule has 0 saturated heterocycles. The zero-order chi connectivity index (χ0) is 20.1. The summed E-state index contributed by atoms with van der Waals surface area (Å²) in [5, 5.41) is 5.69. The van der Waals surface area contributed by atoms with E-state index in [0.29, 0.717) is 0 Å². The minimum absolute atomic E-state index is 0.770. The van der Waals surface area contributed by atoms with Crippen molar-refractivity contribution in [3.8, 4) is 5.75 Å². The van der Waals surface area contributed by atoms with Crippen LogP contribution in [0.1, 0.15) is 16.7 Å². The lowest BCUT2D eigenvalue weighted by Crippen LogP contribution is -2.16. The van der Waals surface area contributed by atoms with E-state index in [9.17, 15) is 0 Å². The van der Waals surface area contributed by atoms with Crippen molar-refractivity contribution in [2.45, 2.75) is 19.5 Å². The van der Waals surface area contributed by atoms with Crippen LogP contribution >= 0.6 is 11.6 Å². The molecule has 0 fully saturated rings. The second-order valence-electron chi connectivity index (χ2n) is 7.17. The van der Waals surface area contributed by atoms with Crippen LogP contribution in [-0.4, -0.2) is 18.2 Å². The van der Waals surface area contributed by atoms with Crippen molar-refractivity contribution in [2.75, 3.05) is 13.7 Å². The Morgan fingerprint density at radius 1 is 0.897 bits per heavy atom. The molecular weight excluding hydrogens is 380 g/mol. The van der Waals surface area contributed by atoms with Gasteiger partial charge in [-0.15, -0.1) is 0 Å². The second kappa shape index (κ2) is 9.17. The van der Waals surface area contributed by atoms with Crippen molar-refractivity contribution in [3.05, 3.63) is 101 Å². The molecule has 3 nitrogen and oxygen atoms in total. The van der Waals surface area contributed by atoms with Crippen molar-refractivity contribution in [3.63, 3.8) is 0 Å². The molecule has 0 bridgehead atoms. The second-order valence-corrected chi connectivity index (χ2v) is 7.57. The Bertz CT molecular complexity index is 1090. The van der Waals surface area contributed by atoms with E-state index in [1.807, 2.05) is 30.3 Å². The van der Waals surface area contributed by atoms with E-state index in [1.165, 1.54) is 22.0 Å². The molecule has 0 unspecified atom stereocenters. The van der Waals surface area contributed by atoms with E-state index >= 15 is 0 Å². The fraction of sp³-hybridized carbons (Fsp3) is 0.200. The molecule has 0 saturated carbocycles. The number of para-hydroxylation sites is 1. The Hall–Kier alpha value is -2.75.